The highest BCUT2D eigenvalue weighted by molar-refractivity contribution is 6.05. The van der Waals surface area contributed by atoms with Crippen molar-refractivity contribution in [3.8, 4) is 0 Å². The summed E-state index contributed by atoms with van der Waals surface area (Å²) in [7, 11) is 0. The second-order valence-electron chi connectivity index (χ2n) is 5.21. The molecule has 0 aliphatic heterocycles. The van der Waals surface area contributed by atoms with Gasteiger partial charge in [0, 0.05) is 17.0 Å². The molecule has 21 heavy (non-hydrogen) atoms. The molecular weight excluding hydrogens is 258 g/mol. The Labute approximate surface area is 120 Å². The van der Waals surface area contributed by atoms with Crippen molar-refractivity contribution in [1.82, 2.24) is 14.4 Å². The third kappa shape index (κ3) is 1.37. The van der Waals surface area contributed by atoms with Gasteiger partial charge in [-0.2, -0.15) is 0 Å². The van der Waals surface area contributed by atoms with E-state index in [-0.39, 0.29) is 0 Å². The molecule has 0 saturated heterocycles. The van der Waals surface area contributed by atoms with Crippen molar-refractivity contribution in [3.63, 3.8) is 0 Å². The molecule has 0 unspecified atom stereocenters. The molecule has 3 nitrogen and oxygen atoms in total. The molecule has 3 heteroatoms. The van der Waals surface area contributed by atoms with E-state index >= 15 is 0 Å². The summed E-state index contributed by atoms with van der Waals surface area (Å²) >= 11 is 0. The van der Waals surface area contributed by atoms with Crippen LogP contribution in [0.25, 0.3) is 38.5 Å². The summed E-state index contributed by atoms with van der Waals surface area (Å²) in [5.41, 5.74) is 5.24. The van der Waals surface area contributed by atoms with E-state index in [1.165, 1.54) is 5.39 Å². The minimum absolute atomic E-state index is 0.960. The van der Waals surface area contributed by atoms with Crippen LogP contribution in [0.2, 0.25) is 0 Å². The predicted molar refractivity (Wildman–Crippen MR) is 85.5 cm³/mol. The van der Waals surface area contributed by atoms with Gasteiger partial charge < -0.3 is 0 Å². The zero-order valence-corrected chi connectivity index (χ0v) is 11.2. The Bertz CT molecular complexity index is 1140. The maximum atomic E-state index is 4.71. The van der Waals surface area contributed by atoms with Crippen molar-refractivity contribution in [1.29, 1.82) is 0 Å². The summed E-state index contributed by atoms with van der Waals surface area (Å²) < 4.78 is 2.21. The van der Waals surface area contributed by atoms with E-state index in [0.717, 1.165) is 33.1 Å². The third-order valence-electron chi connectivity index (χ3n) is 4.00. The largest absolute Gasteiger partial charge is 0.290 e. The van der Waals surface area contributed by atoms with Gasteiger partial charge in [-0.05, 0) is 30.3 Å². The van der Waals surface area contributed by atoms with Crippen LogP contribution in [0.15, 0.2) is 66.9 Å². The van der Waals surface area contributed by atoms with Crippen LogP contribution in [-0.4, -0.2) is 14.4 Å². The fourth-order valence-electron chi connectivity index (χ4n) is 3.07. The van der Waals surface area contributed by atoms with Gasteiger partial charge in [-0.3, -0.25) is 9.38 Å². The molecule has 0 fully saturated rings. The lowest BCUT2D eigenvalue weighted by molar-refractivity contribution is 1.29. The van der Waals surface area contributed by atoms with Gasteiger partial charge in [0.15, 0.2) is 0 Å². The average Bonchev–Trinajstić information content (AvgIpc) is 2.93. The molecule has 3 heterocycles. The highest BCUT2D eigenvalue weighted by Crippen LogP contribution is 2.28. The number of hydrogen-bond donors (Lipinski definition) is 0. The summed E-state index contributed by atoms with van der Waals surface area (Å²) in [6, 6.07) is 20.7. The topological polar surface area (TPSA) is 30.2 Å². The molecule has 0 aliphatic carbocycles. The summed E-state index contributed by atoms with van der Waals surface area (Å²) in [5.74, 6) is 0. The van der Waals surface area contributed by atoms with Crippen molar-refractivity contribution in [3.05, 3.63) is 66.9 Å². The van der Waals surface area contributed by atoms with Crippen LogP contribution >= 0.6 is 0 Å². The van der Waals surface area contributed by atoms with Crippen molar-refractivity contribution < 1.29 is 0 Å². The van der Waals surface area contributed by atoms with Gasteiger partial charge in [0.05, 0.1) is 22.1 Å². The molecule has 0 radical (unpaired) electrons. The molecular formula is C18H11N3. The Morgan fingerprint density at radius 2 is 1.62 bits per heavy atom. The minimum atomic E-state index is 0.960. The number of benzene rings is 2. The summed E-state index contributed by atoms with van der Waals surface area (Å²) in [4.78, 5) is 9.30. The van der Waals surface area contributed by atoms with Crippen molar-refractivity contribution in [2.45, 2.75) is 0 Å². The second kappa shape index (κ2) is 3.79. The van der Waals surface area contributed by atoms with Gasteiger partial charge in [0.1, 0.15) is 5.65 Å². The van der Waals surface area contributed by atoms with Gasteiger partial charge in [-0.25, -0.2) is 4.98 Å². The van der Waals surface area contributed by atoms with Crippen molar-refractivity contribution in [2.24, 2.45) is 0 Å². The molecule has 0 atom stereocenters. The standard InChI is InChI=1S/C18H11N3/c1-2-6-15-14(5-1)20-16-10-9-13-8-7-12-4-3-11-19-17(12)18(13)21(15)16/h1-11H. The Morgan fingerprint density at radius 3 is 2.62 bits per heavy atom. The zero-order valence-electron chi connectivity index (χ0n) is 11.2. The first-order valence-electron chi connectivity index (χ1n) is 6.95. The maximum Gasteiger partial charge on any atom is 0.138 e. The number of hydrogen-bond acceptors (Lipinski definition) is 2. The first-order valence-corrected chi connectivity index (χ1v) is 6.95. The van der Waals surface area contributed by atoms with E-state index in [4.69, 9.17) is 4.98 Å². The predicted octanol–water partition coefficient (Wildman–Crippen LogP) is 4.19. The van der Waals surface area contributed by atoms with Crippen LogP contribution in [-0.2, 0) is 0 Å². The normalized spacial score (nSPS) is 11.8. The average molecular weight is 269 g/mol. The lowest BCUT2D eigenvalue weighted by atomic mass is 10.1. The number of aromatic nitrogens is 3. The molecule has 2 aromatic carbocycles. The van der Waals surface area contributed by atoms with E-state index in [1.54, 1.807) is 0 Å². The number of rotatable bonds is 0. The van der Waals surface area contributed by atoms with Gasteiger partial charge in [-0.15, -0.1) is 0 Å². The van der Waals surface area contributed by atoms with E-state index in [2.05, 4.69) is 45.8 Å². The van der Waals surface area contributed by atoms with Crippen LogP contribution in [0.3, 0.4) is 0 Å². The lowest BCUT2D eigenvalue weighted by Gasteiger charge is -2.06. The SMILES string of the molecule is c1cnc2c(c1)ccc1ccc3nc4ccccc4n3c12. The van der Waals surface area contributed by atoms with Crippen molar-refractivity contribution in [2.75, 3.05) is 0 Å². The molecule has 0 bridgehead atoms. The van der Waals surface area contributed by atoms with Crippen LogP contribution in [0.4, 0.5) is 0 Å². The number of fused-ring (bicyclic) bond motifs is 7. The fraction of sp³-hybridized carbons (Fsp3) is 0. The summed E-state index contributed by atoms with van der Waals surface area (Å²) in [6.45, 7) is 0. The first-order chi connectivity index (χ1) is 10.4. The van der Waals surface area contributed by atoms with Gasteiger partial charge >= 0.3 is 0 Å². The molecule has 5 aromatic rings. The Morgan fingerprint density at radius 1 is 0.762 bits per heavy atom. The molecule has 0 aliphatic rings. The van der Waals surface area contributed by atoms with Crippen molar-refractivity contribution >= 4 is 38.5 Å². The van der Waals surface area contributed by atoms with E-state index in [9.17, 15) is 0 Å². The van der Waals surface area contributed by atoms with Gasteiger partial charge in [0.2, 0.25) is 0 Å². The Hall–Kier alpha value is -2.94. The molecule has 3 aromatic heterocycles. The van der Waals surface area contributed by atoms with Crippen LogP contribution < -0.4 is 0 Å². The van der Waals surface area contributed by atoms with Crippen LogP contribution in [0, 0.1) is 0 Å². The molecule has 0 N–H and O–H groups in total. The van der Waals surface area contributed by atoms with Crippen LogP contribution in [0.1, 0.15) is 0 Å². The monoisotopic (exact) mass is 269 g/mol. The highest BCUT2D eigenvalue weighted by atomic mass is 15.0. The fourth-order valence-corrected chi connectivity index (χ4v) is 3.07. The summed E-state index contributed by atoms with van der Waals surface area (Å²) in [6.07, 6.45) is 1.85. The van der Waals surface area contributed by atoms with Gasteiger partial charge in [-0.1, -0.05) is 30.3 Å². The van der Waals surface area contributed by atoms with E-state index < -0.39 is 0 Å². The molecule has 0 saturated carbocycles. The Balaban J connectivity index is 2.19. The molecule has 5 rings (SSSR count). The van der Waals surface area contributed by atoms with E-state index in [0.29, 0.717) is 0 Å². The van der Waals surface area contributed by atoms with Crippen LogP contribution in [0.5, 0.6) is 0 Å². The van der Waals surface area contributed by atoms with Gasteiger partial charge in [0.25, 0.3) is 0 Å². The zero-order chi connectivity index (χ0) is 13.8. The first kappa shape index (κ1) is 10.8. The molecule has 98 valence electrons. The number of imidazole rings is 1. The smallest absolute Gasteiger partial charge is 0.138 e. The lowest BCUT2D eigenvalue weighted by Crippen LogP contribution is -1.91. The minimum Gasteiger partial charge on any atom is -0.290 e. The number of nitrogens with zero attached hydrogens (tertiary/aromatic N) is 3. The quantitative estimate of drug-likeness (QED) is 0.395. The molecule has 0 spiro atoms. The maximum absolute atomic E-state index is 4.71. The molecule has 0 amide bonds. The highest BCUT2D eigenvalue weighted by Gasteiger charge is 2.10. The van der Waals surface area contributed by atoms with E-state index in [1.807, 2.05) is 30.5 Å². The number of para-hydroxylation sites is 2. The Kier molecular flexibility index (Phi) is 1.95. The second-order valence-corrected chi connectivity index (χ2v) is 5.21. The summed E-state index contributed by atoms with van der Waals surface area (Å²) in [5, 5.41) is 2.33. The third-order valence-corrected chi connectivity index (χ3v) is 4.00. The number of pyridine rings is 2.